The number of aryl methyl sites for hydroxylation is 1. The summed E-state index contributed by atoms with van der Waals surface area (Å²) in [4.78, 5) is 16.2. The summed E-state index contributed by atoms with van der Waals surface area (Å²) in [7, 11) is 0. The van der Waals surface area contributed by atoms with E-state index < -0.39 is 11.6 Å². The molecule has 1 N–H and O–H groups in total. The number of nitrogens with zero attached hydrogens (tertiary/aromatic N) is 1. The molecule has 1 atom stereocenters. The molecule has 7 heteroatoms. The van der Waals surface area contributed by atoms with Crippen molar-refractivity contribution in [2.75, 3.05) is 13.2 Å². The molecule has 0 amide bonds. The van der Waals surface area contributed by atoms with Crippen molar-refractivity contribution in [2.45, 2.75) is 38.2 Å². The number of rotatable bonds is 8. The van der Waals surface area contributed by atoms with E-state index in [2.05, 4.69) is 4.98 Å². The van der Waals surface area contributed by atoms with Crippen molar-refractivity contribution >= 4 is 17.6 Å². The molecule has 1 aliphatic rings. The average Bonchev–Trinajstić information content (AvgIpc) is 3.38. The molecule has 6 nitrogen and oxygen atoms in total. The highest BCUT2D eigenvalue weighted by Crippen LogP contribution is 2.30. The van der Waals surface area contributed by atoms with Crippen molar-refractivity contribution < 1.29 is 23.8 Å². The number of hydrogen-bond donors (Lipinski definition) is 1. The lowest BCUT2D eigenvalue weighted by atomic mass is 9.92. The number of aromatic nitrogens is 1. The molecule has 31 heavy (non-hydrogen) atoms. The number of ether oxygens (including phenoxy) is 2. The molecular formula is C24H24ClNO5. The number of carboxylic acids is 1. The monoisotopic (exact) mass is 441 g/mol. The number of carbonyl (C=O) groups is 1. The zero-order chi connectivity index (χ0) is 21.8. The van der Waals surface area contributed by atoms with E-state index in [0.29, 0.717) is 43.4 Å². The number of oxazole rings is 1. The smallest absolute Gasteiger partial charge is 0.336 e. The Labute approximate surface area is 185 Å². The topological polar surface area (TPSA) is 81.8 Å². The average molecular weight is 442 g/mol. The molecule has 1 aromatic heterocycles. The summed E-state index contributed by atoms with van der Waals surface area (Å²) in [6.07, 6.45) is 2.28. The van der Waals surface area contributed by atoms with E-state index in [1.807, 2.05) is 43.3 Å². The van der Waals surface area contributed by atoms with Crippen LogP contribution < -0.4 is 4.74 Å². The van der Waals surface area contributed by atoms with Gasteiger partial charge in [-0.05, 0) is 61.7 Å². The van der Waals surface area contributed by atoms with E-state index in [1.165, 1.54) is 0 Å². The second-order valence-corrected chi connectivity index (χ2v) is 8.14. The van der Waals surface area contributed by atoms with Crippen LogP contribution in [0.15, 0.2) is 52.9 Å². The normalized spacial score (nSPS) is 18.3. The van der Waals surface area contributed by atoms with Crippen LogP contribution in [0.3, 0.4) is 0 Å². The second kappa shape index (κ2) is 9.12. The maximum atomic E-state index is 11.6. The van der Waals surface area contributed by atoms with Crippen LogP contribution in [0.25, 0.3) is 11.5 Å². The SMILES string of the molecule is Cc1oc(-c2ccc(Cl)cc2)nc1CCOc1ccc(CC2(C(=O)O)CCCO2)cc1. The molecule has 162 valence electrons. The van der Waals surface area contributed by atoms with Crippen LogP contribution in [-0.4, -0.2) is 34.9 Å². The van der Waals surface area contributed by atoms with Crippen LogP contribution in [-0.2, 0) is 22.4 Å². The van der Waals surface area contributed by atoms with Gasteiger partial charge in [-0.3, -0.25) is 0 Å². The Morgan fingerprint density at radius 1 is 1.19 bits per heavy atom. The first-order valence-electron chi connectivity index (χ1n) is 10.3. The quantitative estimate of drug-likeness (QED) is 0.523. The van der Waals surface area contributed by atoms with Crippen molar-refractivity contribution in [1.82, 2.24) is 4.98 Å². The van der Waals surface area contributed by atoms with Gasteiger partial charge in [0.25, 0.3) is 0 Å². The van der Waals surface area contributed by atoms with E-state index in [1.54, 1.807) is 12.1 Å². The maximum Gasteiger partial charge on any atom is 0.336 e. The predicted molar refractivity (Wildman–Crippen MR) is 117 cm³/mol. The Hall–Kier alpha value is -2.83. The number of hydrogen-bond acceptors (Lipinski definition) is 5. The molecule has 0 radical (unpaired) electrons. The molecule has 1 saturated heterocycles. The first-order chi connectivity index (χ1) is 14.9. The molecule has 3 aromatic rings. The van der Waals surface area contributed by atoms with Gasteiger partial charge in [-0.2, -0.15) is 0 Å². The van der Waals surface area contributed by atoms with Gasteiger partial charge in [-0.25, -0.2) is 9.78 Å². The van der Waals surface area contributed by atoms with Gasteiger partial charge in [0.2, 0.25) is 5.89 Å². The third-order valence-electron chi connectivity index (χ3n) is 5.50. The summed E-state index contributed by atoms with van der Waals surface area (Å²) in [6, 6.07) is 14.9. The summed E-state index contributed by atoms with van der Waals surface area (Å²) in [6.45, 7) is 2.84. The fourth-order valence-electron chi connectivity index (χ4n) is 3.76. The third-order valence-corrected chi connectivity index (χ3v) is 5.75. The summed E-state index contributed by atoms with van der Waals surface area (Å²) in [5.41, 5.74) is 1.54. The number of carboxylic acid groups (broad SMARTS) is 1. The lowest BCUT2D eigenvalue weighted by molar-refractivity contribution is -0.159. The van der Waals surface area contributed by atoms with E-state index >= 15 is 0 Å². The van der Waals surface area contributed by atoms with E-state index in [4.69, 9.17) is 25.5 Å². The number of aliphatic carboxylic acids is 1. The summed E-state index contributed by atoms with van der Waals surface area (Å²) in [5, 5.41) is 10.2. The molecule has 2 aromatic carbocycles. The molecule has 1 aliphatic heterocycles. The minimum absolute atomic E-state index is 0.355. The van der Waals surface area contributed by atoms with Gasteiger partial charge in [0.05, 0.1) is 12.3 Å². The van der Waals surface area contributed by atoms with Gasteiger partial charge < -0.3 is 19.0 Å². The summed E-state index contributed by atoms with van der Waals surface area (Å²) < 4.78 is 17.2. The molecule has 0 aliphatic carbocycles. The Kier molecular flexibility index (Phi) is 6.30. The van der Waals surface area contributed by atoms with Gasteiger partial charge in [0.15, 0.2) is 5.60 Å². The molecule has 0 spiro atoms. The van der Waals surface area contributed by atoms with Gasteiger partial charge in [-0.15, -0.1) is 0 Å². The van der Waals surface area contributed by atoms with Crippen molar-refractivity contribution in [3.05, 3.63) is 70.6 Å². The van der Waals surface area contributed by atoms with Crippen molar-refractivity contribution in [3.8, 4) is 17.2 Å². The lowest BCUT2D eigenvalue weighted by Crippen LogP contribution is -2.40. The van der Waals surface area contributed by atoms with E-state index in [-0.39, 0.29) is 0 Å². The van der Waals surface area contributed by atoms with Crippen LogP contribution >= 0.6 is 11.6 Å². The maximum absolute atomic E-state index is 11.6. The fraction of sp³-hybridized carbons (Fsp3) is 0.333. The van der Waals surface area contributed by atoms with Crippen LogP contribution in [0.1, 0.15) is 29.9 Å². The zero-order valence-electron chi connectivity index (χ0n) is 17.3. The zero-order valence-corrected chi connectivity index (χ0v) is 18.0. The predicted octanol–water partition coefficient (Wildman–Crippen LogP) is 5.10. The lowest BCUT2D eigenvalue weighted by Gasteiger charge is -2.23. The second-order valence-electron chi connectivity index (χ2n) is 7.70. The molecule has 2 heterocycles. The molecule has 0 saturated carbocycles. The van der Waals surface area contributed by atoms with Gasteiger partial charge in [-0.1, -0.05) is 23.7 Å². The van der Waals surface area contributed by atoms with E-state index in [9.17, 15) is 9.90 Å². The highest BCUT2D eigenvalue weighted by molar-refractivity contribution is 6.30. The highest BCUT2D eigenvalue weighted by Gasteiger charge is 2.42. The molecule has 4 rings (SSSR count). The summed E-state index contributed by atoms with van der Waals surface area (Å²) in [5.74, 6) is 1.15. The van der Waals surface area contributed by atoms with Crippen LogP contribution in [0.4, 0.5) is 0 Å². The number of halogens is 1. The van der Waals surface area contributed by atoms with E-state index in [0.717, 1.165) is 34.8 Å². The van der Waals surface area contributed by atoms with Crippen LogP contribution in [0.2, 0.25) is 5.02 Å². The molecular weight excluding hydrogens is 418 g/mol. The van der Waals surface area contributed by atoms with Gasteiger partial charge in [0, 0.05) is 30.0 Å². The third kappa shape index (κ3) is 4.92. The Balaban J connectivity index is 1.33. The Morgan fingerprint density at radius 3 is 2.58 bits per heavy atom. The Morgan fingerprint density at radius 2 is 1.94 bits per heavy atom. The fourth-order valence-corrected chi connectivity index (χ4v) is 3.88. The standard InChI is InChI=1S/C24H24ClNO5/c1-16-21(26-22(31-16)18-5-7-19(25)8-6-18)11-14-29-20-9-3-17(4-10-20)15-24(23(27)28)12-2-13-30-24/h3-10H,2,11-15H2,1H3,(H,27,28). The largest absolute Gasteiger partial charge is 0.493 e. The minimum atomic E-state index is -1.10. The number of benzene rings is 2. The minimum Gasteiger partial charge on any atom is -0.493 e. The summed E-state index contributed by atoms with van der Waals surface area (Å²) >= 11 is 5.94. The van der Waals surface area contributed by atoms with Crippen LogP contribution in [0.5, 0.6) is 5.75 Å². The first-order valence-corrected chi connectivity index (χ1v) is 10.6. The first kappa shape index (κ1) is 21.4. The molecule has 1 unspecified atom stereocenters. The Bertz CT molecular complexity index is 1040. The molecule has 1 fully saturated rings. The highest BCUT2D eigenvalue weighted by atomic mass is 35.5. The van der Waals surface area contributed by atoms with Crippen LogP contribution in [0, 0.1) is 6.92 Å². The molecule has 0 bridgehead atoms. The van der Waals surface area contributed by atoms with Crippen molar-refractivity contribution in [3.63, 3.8) is 0 Å². The van der Waals surface area contributed by atoms with Crippen molar-refractivity contribution in [1.29, 1.82) is 0 Å². The van der Waals surface area contributed by atoms with Gasteiger partial charge >= 0.3 is 5.97 Å². The van der Waals surface area contributed by atoms with Crippen molar-refractivity contribution in [2.24, 2.45) is 0 Å². The van der Waals surface area contributed by atoms with Gasteiger partial charge in [0.1, 0.15) is 11.5 Å².